The molecule has 6 nitrogen and oxygen atoms in total. The SMILES string of the molecule is COc1ccc(-c2cc3[nH]c(CNC(=O)C4(C#N)CC4)cc3cc2Cl)nc1F. The number of nitrogens with zero attached hydrogens (tertiary/aromatic N) is 2. The first-order chi connectivity index (χ1) is 13.5. The molecule has 1 aliphatic carbocycles. The molecule has 0 spiro atoms. The standard InChI is InChI=1S/C20H16ClFN4O2/c1-28-17-3-2-15(26-18(17)22)13-8-16-11(7-14(13)21)6-12(25-16)9-24-19(27)20(10-23)4-5-20/h2-3,6-8,25H,4-5,9H2,1H3,(H,24,27). The van der Waals surface area contributed by atoms with Crippen LogP contribution in [0.5, 0.6) is 5.75 Å². The van der Waals surface area contributed by atoms with Crippen molar-refractivity contribution in [2.24, 2.45) is 5.41 Å². The first kappa shape index (κ1) is 18.3. The number of halogens is 2. The Kier molecular flexibility index (Phi) is 4.44. The number of hydrogen-bond acceptors (Lipinski definition) is 4. The van der Waals surface area contributed by atoms with Crippen molar-refractivity contribution in [2.45, 2.75) is 19.4 Å². The van der Waals surface area contributed by atoms with E-state index in [0.717, 1.165) is 16.6 Å². The van der Waals surface area contributed by atoms with E-state index >= 15 is 0 Å². The number of H-pyrrole nitrogens is 1. The third kappa shape index (κ3) is 3.16. The largest absolute Gasteiger partial charge is 0.492 e. The smallest absolute Gasteiger partial charge is 0.255 e. The Labute approximate surface area is 165 Å². The molecule has 0 atom stereocenters. The minimum absolute atomic E-state index is 0.0599. The Morgan fingerprint density at radius 1 is 1.43 bits per heavy atom. The third-order valence-electron chi connectivity index (χ3n) is 4.91. The third-order valence-corrected chi connectivity index (χ3v) is 5.23. The maximum atomic E-state index is 13.9. The minimum atomic E-state index is -0.855. The molecule has 8 heteroatoms. The normalized spacial score (nSPS) is 14.5. The van der Waals surface area contributed by atoms with Crippen molar-refractivity contribution >= 4 is 28.4 Å². The fourth-order valence-corrected chi connectivity index (χ4v) is 3.36. The fraction of sp³-hybridized carbons (Fsp3) is 0.250. The first-order valence-corrected chi connectivity index (χ1v) is 9.05. The predicted molar refractivity (Wildman–Crippen MR) is 102 cm³/mol. The van der Waals surface area contributed by atoms with E-state index in [2.05, 4.69) is 21.4 Å². The average molecular weight is 399 g/mol. The lowest BCUT2D eigenvalue weighted by Crippen LogP contribution is -2.30. The highest BCUT2D eigenvalue weighted by molar-refractivity contribution is 6.34. The second kappa shape index (κ2) is 6.80. The monoisotopic (exact) mass is 398 g/mol. The van der Waals surface area contributed by atoms with E-state index in [0.29, 0.717) is 29.1 Å². The van der Waals surface area contributed by atoms with Gasteiger partial charge in [0.25, 0.3) is 5.95 Å². The van der Waals surface area contributed by atoms with Gasteiger partial charge in [-0.15, -0.1) is 0 Å². The van der Waals surface area contributed by atoms with Crippen LogP contribution >= 0.6 is 11.6 Å². The number of fused-ring (bicyclic) bond motifs is 1. The molecule has 2 aromatic heterocycles. The number of pyridine rings is 1. The number of aromatic amines is 1. The van der Waals surface area contributed by atoms with Gasteiger partial charge in [-0.1, -0.05) is 11.6 Å². The number of ether oxygens (including phenoxy) is 1. The number of hydrogen-bond donors (Lipinski definition) is 2. The summed E-state index contributed by atoms with van der Waals surface area (Å²) in [5.41, 5.74) is 1.67. The molecule has 0 bridgehead atoms. The van der Waals surface area contributed by atoms with Crippen molar-refractivity contribution in [1.82, 2.24) is 15.3 Å². The molecule has 1 aliphatic rings. The summed E-state index contributed by atoms with van der Waals surface area (Å²) in [5.74, 6) is -0.896. The molecule has 0 radical (unpaired) electrons. The van der Waals surface area contributed by atoms with Gasteiger partial charge in [-0.25, -0.2) is 4.98 Å². The Morgan fingerprint density at radius 2 is 2.21 bits per heavy atom. The van der Waals surface area contributed by atoms with Crippen molar-refractivity contribution in [3.63, 3.8) is 0 Å². The molecule has 3 aromatic rings. The van der Waals surface area contributed by atoms with Gasteiger partial charge < -0.3 is 15.0 Å². The summed E-state index contributed by atoms with van der Waals surface area (Å²) in [6.45, 7) is 0.277. The predicted octanol–water partition coefficient (Wildman–Crippen LogP) is 3.95. The second-order valence-electron chi connectivity index (χ2n) is 6.78. The molecule has 0 unspecified atom stereocenters. The van der Waals surface area contributed by atoms with Gasteiger partial charge in [0.1, 0.15) is 5.41 Å². The van der Waals surface area contributed by atoms with Crippen LogP contribution in [0.4, 0.5) is 4.39 Å². The van der Waals surface area contributed by atoms with Crippen LogP contribution in [-0.2, 0) is 11.3 Å². The van der Waals surface area contributed by atoms with Gasteiger partial charge in [0.05, 0.1) is 30.4 Å². The Hall–Kier alpha value is -3.11. The lowest BCUT2D eigenvalue weighted by atomic mass is 10.1. The van der Waals surface area contributed by atoms with Crippen molar-refractivity contribution in [1.29, 1.82) is 5.26 Å². The van der Waals surface area contributed by atoms with E-state index in [1.54, 1.807) is 18.2 Å². The molecular weight excluding hydrogens is 383 g/mol. The highest BCUT2D eigenvalue weighted by atomic mass is 35.5. The first-order valence-electron chi connectivity index (χ1n) is 8.67. The van der Waals surface area contributed by atoms with Gasteiger partial charge in [-0.2, -0.15) is 9.65 Å². The van der Waals surface area contributed by atoms with Crippen molar-refractivity contribution < 1.29 is 13.9 Å². The molecule has 0 saturated heterocycles. The number of aromatic nitrogens is 2. The fourth-order valence-electron chi connectivity index (χ4n) is 3.09. The zero-order chi connectivity index (χ0) is 19.9. The molecule has 2 N–H and O–H groups in total. The second-order valence-corrected chi connectivity index (χ2v) is 7.19. The van der Waals surface area contributed by atoms with Crippen LogP contribution in [0.2, 0.25) is 5.02 Å². The van der Waals surface area contributed by atoms with Crippen LogP contribution < -0.4 is 10.1 Å². The summed E-state index contributed by atoms with van der Waals surface area (Å²) >= 11 is 6.37. The Bertz CT molecular complexity index is 1130. The van der Waals surface area contributed by atoms with E-state index in [4.69, 9.17) is 21.6 Å². The number of nitrogens with one attached hydrogen (secondary N) is 2. The van der Waals surface area contributed by atoms with Gasteiger partial charge in [0.2, 0.25) is 5.91 Å². The molecule has 142 valence electrons. The van der Waals surface area contributed by atoms with Crippen LogP contribution in [0.3, 0.4) is 0 Å². The molecule has 1 fully saturated rings. The van der Waals surface area contributed by atoms with Gasteiger partial charge >= 0.3 is 0 Å². The number of carbonyl (C=O) groups is 1. The lowest BCUT2D eigenvalue weighted by molar-refractivity contribution is -0.124. The van der Waals surface area contributed by atoms with Crippen molar-refractivity contribution in [3.8, 4) is 23.1 Å². The molecule has 28 heavy (non-hydrogen) atoms. The average Bonchev–Trinajstić information content (AvgIpc) is 3.40. The molecule has 1 aromatic carbocycles. The zero-order valence-corrected chi connectivity index (χ0v) is 15.7. The van der Waals surface area contributed by atoms with Crippen molar-refractivity contribution in [2.75, 3.05) is 7.11 Å². The summed E-state index contributed by atoms with van der Waals surface area (Å²) < 4.78 is 18.8. The number of amides is 1. The molecule has 4 rings (SSSR count). The molecule has 0 aliphatic heterocycles. The minimum Gasteiger partial charge on any atom is -0.492 e. The Morgan fingerprint density at radius 3 is 2.86 bits per heavy atom. The molecule has 2 heterocycles. The maximum Gasteiger partial charge on any atom is 0.255 e. The lowest BCUT2D eigenvalue weighted by Gasteiger charge is -2.07. The van der Waals surface area contributed by atoms with E-state index < -0.39 is 11.4 Å². The van der Waals surface area contributed by atoms with Gasteiger partial charge in [-0.05, 0) is 43.2 Å². The molecular formula is C20H16ClFN4O2. The maximum absolute atomic E-state index is 13.9. The quantitative estimate of drug-likeness (QED) is 0.636. The van der Waals surface area contributed by atoms with Crippen LogP contribution in [0.15, 0.2) is 30.3 Å². The summed E-state index contributed by atoms with van der Waals surface area (Å²) in [6, 6.07) is 10.6. The molecule has 1 amide bonds. The van der Waals surface area contributed by atoms with Gasteiger partial charge in [0, 0.05) is 22.2 Å². The van der Waals surface area contributed by atoms with Crippen LogP contribution in [0.25, 0.3) is 22.2 Å². The van der Waals surface area contributed by atoms with Crippen molar-refractivity contribution in [3.05, 3.63) is 47.0 Å². The van der Waals surface area contributed by atoms with Crippen LogP contribution in [-0.4, -0.2) is 23.0 Å². The van der Waals surface area contributed by atoms with Crippen LogP contribution in [0.1, 0.15) is 18.5 Å². The van der Waals surface area contributed by atoms with E-state index in [1.807, 2.05) is 6.07 Å². The number of methoxy groups -OCH3 is 1. The number of carbonyl (C=O) groups excluding carboxylic acids is 1. The topological polar surface area (TPSA) is 90.8 Å². The number of nitriles is 1. The zero-order valence-electron chi connectivity index (χ0n) is 15.0. The number of rotatable bonds is 5. The van der Waals surface area contributed by atoms with E-state index in [-0.39, 0.29) is 18.2 Å². The Balaban J connectivity index is 1.60. The highest BCUT2D eigenvalue weighted by Crippen LogP contribution is 2.45. The summed E-state index contributed by atoms with van der Waals surface area (Å²) in [4.78, 5) is 19.2. The summed E-state index contributed by atoms with van der Waals surface area (Å²) in [6.07, 6.45) is 1.21. The van der Waals surface area contributed by atoms with Crippen LogP contribution in [0, 0.1) is 22.7 Å². The highest BCUT2D eigenvalue weighted by Gasteiger charge is 2.50. The molecule has 1 saturated carbocycles. The van der Waals surface area contributed by atoms with E-state index in [1.165, 1.54) is 13.2 Å². The number of benzene rings is 1. The van der Waals surface area contributed by atoms with E-state index in [9.17, 15) is 9.18 Å². The summed E-state index contributed by atoms with van der Waals surface area (Å²) in [5, 5.41) is 13.2. The van der Waals surface area contributed by atoms with Gasteiger partial charge in [0.15, 0.2) is 5.75 Å². The van der Waals surface area contributed by atoms with Gasteiger partial charge in [-0.3, -0.25) is 4.79 Å². The summed E-state index contributed by atoms with van der Waals surface area (Å²) in [7, 11) is 1.37.